The van der Waals surface area contributed by atoms with Gasteiger partial charge in [-0.1, -0.05) is 12.8 Å². The average molecular weight is 726 g/mol. The Morgan fingerprint density at radius 3 is 2.54 bits per heavy atom. The number of anilines is 2. The molecule has 1 saturated carbocycles. The van der Waals surface area contributed by atoms with Gasteiger partial charge in [-0.05, 0) is 51.8 Å². The second-order valence-corrected chi connectivity index (χ2v) is 13.9. The van der Waals surface area contributed by atoms with E-state index in [2.05, 4.69) is 31.6 Å². The summed E-state index contributed by atoms with van der Waals surface area (Å²) in [4.78, 5) is 43.5. The summed E-state index contributed by atoms with van der Waals surface area (Å²) in [5, 5.41) is 8.98. The number of imidazole rings is 1. The van der Waals surface area contributed by atoms with Gasteiger partial charge in [0.2, 0.25) is 5.88 Å². The van der Waals surface area contributed by atoms with Crippen molar-refractivity contribution < 1.29 is 32.5 Å². The molecule has 0 spiro atoms. The van der Waals surface area contributed by atoms with Crippen LogP contribution >= 0.6 is 0 Å². The molecule has 0 bridgehead atoms. The van der Waals surface area contributed by atoms with Gasteiger partial charge in [0.25, 0.3) is 0 Å². The Morgan fingerprint density at radius 2 is 1.88 bits per heavy atom. The Kier molecular flexibility index (Phi) is 11.1. The number of nitrogens with zero attached hydrogens (tertiary/aromatic N) is 8. The number of carbonyl (C=O) groups is 1. The standard InChI is InChI=1S/C36H46F3N9O4/c1-5-52-30-16-24(15-28(43-30)36(37,38)39)25-17-27(46(3)21-35(22-51-4)10-6-7-11-35)32-34(42-25)45-33(44-32)26-18-41-29(19-40-26)48-14-13-47(23(2)20-48)12-8-9-31(49)50/h15-19,23H,5-14,20-22H2,1-4H3,(H,49,50)(H,42,44,45)/t23-/m1/s1. The number of pyridine rings is 2. The lowest BCUT2D eigenvalue weighted by Gasteiger charge is -2.40. The third-order valence-electron chi connectivity index (χ3n) is 10.0. The summed E-state index contributed by atoms with van der Waals surface area (Å²) >= 11 is 0. The molecule has 0 radical (unpaired) electrons. The van der Waals surface area contributed by atoms with Crippen LogP contribution in [0.2, 0.25) is 0 Å². The molecule has 2 fully saturated rings. The van der Waals surface area contributed by atoms with Crippen LogP contribution < -0.4 is 14.5 Å². The van der Waals surface area contributed by atoms with E-state index in [0.717, 1.165) is 69.4 Å². The molecule has 1 aliphatic carbocycles. The zero-order valence-corrected chi connectivity index (χ0v) is 30.0. The molecule has 2 N–H and O–H groups in total. The fraction of sp³-hybridized carbons (Fsp3) is 0.556. The van der Waals surface area contributed by atoms with Crippen molar-refractivity contribution in [1.29, 1.82) is 0 Å². The number of carboxylic acids is 1. The second-order valence-electron chi connectivity index (χ2n) is 13.9. The van der Waals surface area contributed by atoms with Crippen LogP contribution in [0.15, 0.2) is 30.6 Å². The number of nitrogens with one attached hydrogen (secondary N) is 1. The van der Waals surface area contributed by atoms with Crippen LogP contribution in [-0.2, 0) is 15.7 Å². The van der Waals surface area contributed by atoms with Gasteiger partial charge in [-0.15, -0.1) is 0 Å². The second kappa shape index (κ2) is 15.6. The number of H-pyrrole nitrogens is 1. The third-order valence-corrected chi connectivity index (χ3v) is 10.0. The molecule has 5 heterocycles. The number of aliphatic carboxylic acids is 1. The van der Waals surface area contributed by atoms with E-state index >= 15 is 0 Å². The van der Waals surface area contributed by atoms with Gasteiger partial charge in [0.15, 0.2) is 11.5 Å². The van der Waals surface area contributed by atoms with Gasteiger partial charge in [0.1, 0.15) is 22.7 Å². The number of rotatable bonds is 14. The lowest BCUT2D eigenvalue weighted by atomic mass is 9.86. The van der Waals surface area contributed by atoms with Crippen molar-refractivity contribution in [2.75, 3.05) is 69.9 Å². The van der Waals surface area contributed by atoms with Crippen molar-refractivity contribution in [3.63, 3.8) is 0 Å². The van der Waals surface area contributed by atoms with E-state index in [1.165, 1.54) is 6.07 Å². The van der Waals surface area contributed by atoms with E-state index < -0.39 is 17.8 Å². The highest BCUT2D eigenvalue weighted by Gasteiger charge is 2.36. The molecule has 0 aromatic carbocycles. The minimum Gasteiger partial charge on any atom is -0.481 e. The van der Waals surface area contributed by atoms with Crippen molar-refractivity contribution in [1.82, 2.24) is 34.8 Å². The summed E-state index contributed by atoms with van der Waals surface area (Å²) in [7, 11) is 3.68. The van der Waals surface area contributed by atoms with Gasteiger partial charge in [-0.3, -0.25) is 9.69 Å². The number of hydrogen-bond donors (Lipinski definition) is 2. The number of aromatic amines is 1. The lowest BCUT2D eigenvalue weighted by Crippen LogP contribution is -2.52. The summed E-state index contributed by atoms with van der Waals surface area (Å²) in [5.41, 5.74) is 1.54. The maximum absolute atomic E-state index is 13.9. The predicted octanol–water partition coefficient (Wildman–Crippen LogP) is 5.91. The number of piperazine rings is 1. The average Bonchev–Trinajstić information content (AvgIpc) is 3.75. The Morgan fingerprint density at radius 1 is 1.10 bits per heavy atom. The molecule has 1 saturated heterocycles. The van der Waals surface area contributed by atoms with Crippen molar-refractivity contribution >= 4 is 28.6 Å². The van der Waals surface area contributed by atoms with Crippen molar-refractivity contribution in [3.05, 3.63) is 36.3 Å². The van der Waals surface area contributed by atoms with Crippen LogP contribution in [0, 0.1) is 5.41 Å². The highest BCUT2D eigenvalue weighted by molar-refractivity contribution is 5.91. The fourth-order valence-corrected chi connectivity index (χ4v) is 7.51. The van der Waals surface area contributed by atoms with Crippen LogP contribution in [0.4, 0.5) is 24.7 Å². The molecule has 4 aromatic rings. The Bertz CT molecular complexity index is 1850. The first kappa shape index (κ1) is 37.2. The molecular weight excluding hydrogens is 679 g/mol. The van der Waals surface area contributed by atoms with Gasteiger partial charge < -0.3 is 29.4 Å². The molecule has 13 nitrogen and oxygen atoms in total. The number of methoxy groups -OCH3 is 1. The number of ether oxygens (including phenoxy) is 2. The normalized spacial score (nSPS) is 17.9. The smallest absolute Gasteiger partial charge is 0.433 e. The number of carboxylic acid groups (broad SMARTS) is 1. The van der Waals surface area contributed by atoms with Crippen LogP contribution in [0.3, 0.4) is 0 Å². The summed E-state index contributed by atoms with van der Waals surface area (Å²) < 4.78 is 52.9. The highest BCUT2D eigenvalue weighted by Crippen LogP contribution is 2.41. The topological polar surface area (TPSA) is 146 Å². The minimum atomic E-state index is -4.68. The van der Waals surface area contributed by atoms with E-state index in [1.807, 2.05) is 7.05 Å². The van der Waals surface area contributed by atoms with Crippen LogP contribution in [-0.4, -0.2) is 112 Å². The van der Waals surface area contributed by atoms with E-state index in [0.29, 0.717) is 47.9 Å². The molecule has 4 aromatic heterocycles. The Balaban J connectivity index is 1.33. The van der Waals surface area contributed by atoms with Gasteiger partial charge in [0, 0.05) is 69.8 Å². The minimum absolute atomic E-state index is 0.0624. The zero-order valence-electron chi connectivity index (χ0n) is 30.0. The zero-order chi connectivity index (χ0) is 37.0. The van der Waals surface area contributed by atoms with E-state index in [1.54, 1.807) is 32.5 Å². The molecule has 0 unspecified atom stereocenters. The van der Waals surface area contributed by atoms with Gasteiger partial charge in [0.05, 0.1) is 37.0 Å². The van der Waals surface area contributed by atoms with Gasteiger partial charge in [-0.25, -0.2) is 24.9 Å². The molecule has 2 aliphatic rings. The van der Waals surface area contributed by atoms with Crippen molar-refractivity contribution in [3.8, 4) is 28.7 Å². The van der Waals surface area contributed by atoms with Crippen LogP contribution in [0.25, 0.3) is 33.9 Å². The molecule has 1 aliphatic heterocycles. The van der Waals surface area contributed by atoms with E-state index in [-0.39, 0.29) is 35.9 Å². The quantitative estimate of drug-likeness (QED) is 0.159. The van der Waals surface area contributed by atoms with Gasteiger partial charge in [-0.2, -0.15) is 13.2 Å². The monoisotopic (exact) mass is 725 g/mol. The number of hydrogen-bond acceptors (Lipinski definition) is 11. The van der Waals surface area contributed by atoms with Crippen LogP contribution in [0.1, 0.15) is 58.1 Å². The summed E-state index contributed by atoms with van der Waals surface area (Å²) in [5.74, 6) is 0.231. The predicted molar refractivity (Wildman–Crippen MR) is 190 cm³/mol. The number of halogens is 3. The first-order valence-electron chi connectivity index (χ1n) is 17.7. The van der Waals surface area contributed by atoms with Gasteiger partial charge >= 0.3 is 12.1 Å². The fourth-order valence-electron chi connectivity index (χ4n) is 7.51. The van der Waals surface area contributed by atoms with E-state index in [9.17, 15) is 18.0 Å². The Hall–Kier alpha value is -4.57. The molecule has 1 atom stereocenters. The first-order chi connectivity index (χ1) is 24.9. The maximum atomic E-state index is 13.9. The SMILES string of the molecule is CCOc1cc(-c2cc(N(C)CC3(COC)CCCC3)c3[nH]c(-c4cnc(N5CCN(CCCC(=O)O)[C@H](C)C5)cn4)nc3n2)cc(C(F)(F)F)n1. The molecule has 280 valence electrons. The number of fused-ring (bicyclic) bond motifs is 1. The van der Waals surface area contributed by atoms with E-state index in [4.69, 9.17) is 34.5 Å². The maximum Gasteiger partial charge on any atom is 0.433 e. The molecule has 16 heteroatoms. The van der Waals surface area contributed by atoms with Crippen molar-refractivity contribution in [2.45, 2.75) is 64.6 Å². The number of aromatic nitrogens is 6. The van der Waals surface area contributed by atoms with Crippen LogP contribution in [0.5, 0.6) is 5.88 Å². The highest BCUT2D eigenvalue weighted by atomic mass is 19.4. The number of alkyl halides is 3. The lowest BCUT2D eigenvalue weighted by molar-refractivity contribution is -0.141. The third kappa shape index (κ3) is 8.38. The molecule has 0 amide bonds. The largest absolute Gasteiger partial charge is 0.481 e. The summed E-state index contributed by atoms with van der Waals surface area (Å²) in [6.45, 7) is 8.22. The summed E-state index contributed by atoms with van der Waals surface area (Å²) in [6.07, 6.45) is 3.68. The Labute approximate surface area is 300 Å². The summed E-state index contributed by atoms with van der Waals surface area (Å²) in [6, 6.07) is 4.45. The molecule has 52 heavy (non-hydrogen) atoms. The molecule has 6 rings (SSSR count). The molecular formula is C36H46F3N9O4. The van der Waals surface area contributed by atoms with Crippen molar-refractivity contribution in [2.24, 2.45) is 5.41 Å². The first-order valence-corrected chi connectivity index (χ1v) is 17.7.